The van der Waals surface area contributed by atoms with Crippen molar-refractivity contribution in [1.29, 1.82) is 0 Å². The van der Waals surface area contributed by atoms with Crippen LogP contribution >= 0.6 is 0 Å². The number of hydrogen-bond donors (Lipinski definition) is 1. The number of nitrogens with zero attached hydrogens (tertiary/aromatic N) is 4. The summed E-state index contributed by atoms with van der Waals surface area (Å²) >= 11 is 0. The quantitative estimate of drug-likeness (QED) is 0.274. The Bertz CT molecular complexity index is 1380. The van der Waals surface area contributed by atoms with Crippen LogP contribution in [0.15, 0.2) is 24.4 Å². The number of alkyl halides is 1. The summed E-state index contributed by atoms with van der Waals surface area (Å²) < 4.78 is 24.1. The topological polar surface area (TPSA) is 161 Å². The molecule has 1 unspecified atom stereocenters. The van der Waals surface area contributed by atoms with E-state index >= 15 is 0 Å². The molecule has 1 fully saturated rings. The summed E-state index contributed by atoms with van der Waals surface area (Å²) in [5.41, 5.74) is -1.55. The number of nitrogens with one attached hydrogen (secondary N) is 1. The summed E-state index contributed by atoms with van der Waals surface area (Å²) in [6.07, 6.45) is 0.0531. The van der Waals surface area contributed by atoms with Crippen LogP contribution in [0.2, 0.25) is 0 Å². The molecule has 1 aliphatic heterocycles. The maximum atomic E-state index is 13.6. The number of pyridine rings is 1. The second kappa shape index (κ2) is 12.7. The van der Waals surface area contributed by atoms with Gasteiger partial charge in [0.1, 0.15) is 29.4 Å². The standard InChI is InChI=1S/C28H36FN5O8/c1-27(2,3)41-22(36)14-19(21(35)15-29)31-25(37)18-16-30-23-17(8-7-9-20(23)34(39)40)24(18)32-10-12-33(13-11-32)26(38)42-28(4,5)6/h7-9,16,19H,10-15H2,1-6H3,(H,31,37). The van der Waals surface area contributed by atoms with Crippen LogP contribution in [0.3, 0.4) is 0 Å². The van der Waals surface area contributed by atoms with Gasteiger partial charge in [0.25, 0.3) is 11.6 Å². The molecule has 42 heavy (non-hydrogen) atoms. The Balaban J connectivity index is 1.98. The lowest BCUT2D eigenvalue weighted by atomic mass is 10.0. The lowest BCUT2D eigenvalue weighted by Crippen LogP contribution is -2.50. The fourth-order valence-electron chi connectivity index (χ4n) is 4.41. The van der Waals surface area contributed by atoms with Crippen LogP contribution in [0.1, 0.15) is 58.3 Å². The van der Waals surface area contributed by atoms with Crippen molar-refractivity contribution in [3.8, 4) is 0 Å². The molecule has 0 radical (unpaired) electrons. The zero-order valence-corrected chi connectivity index (χ0v) is 24.6. The highest BCUT2D eigenvalue weighted by molar-refractivity contribution is 6.10. The number of anilines is 1. The number of rotatable bonds is 8. The van der Waals surface area contributed by atoms with E-state index < -0.39 is 59.0 Å². The highest BCUT2D eigenvalue weighted by Gasteiger charge is 2.32. The number of nitro groups is 1. The first-order valence-electron chi connectivity index (χ1n) is 13.4. The van der Waals surface area contributed by atoms with E-state index in [0.29, 0.717) is 5.39 Å². The number of halogens is 1. The highest BCUT2D eigenvalue weighted by Crippen LogP contribution is 2.35. The second-order valence-electron chi connectivity index (χ2n) is 11.8. The molecule has 14 heteroatoms. The molecule has 13 nitrogen and oxygen atoms in total. The van der Waals surface area contributed by atoms with E-state index in [1.807, 2.05) is 0 Å². The Morgan fingerprint density at radius 3 is 2.21 bits per heavy atom. The molecule has 0 bridgehead atoms. The fourth-order valence-corrected chi connectivity index (χ4v) is 4.41. The van der Waals surface area contributed by atoms with Gasteiger partial charge in [0.05, 0.1) is 22.6 Å². The van der Waals surface area contributed by atoms with Gasteiger partial charge in [-0.25, -0.2) is 14.2 Å². The van der Waals surface area contributed by atoms with Gasteiger partial charge in [0.15, 0.2) is 5.78 Å². The minimum absolute atomic E-state index is 0.0359. The van der Waals surface area contributed by atoms with Crippen molar-refractivity contribution in [3.63, 3.8) is 0 Å². The van der Waals surface area contributed by atoms with Crippen molar-refractivity contribution in [2.75, 3.05) is 37.8 Å². The number of para-hydroxylation sites is 1. The SMILES string of the molecule is CC(C)(C)OC(=O)CC(NC(=O)c1cnc2c([N+](=O)[O-])cccc2c1N1CCN(C(=O)OC(C)(C)C)CC1)C(=O)CF. The Hall–Kier alpha value is -4.36. The summed E-state index contributed by atoms with van der Waals surface area (Å²) in [6.45, 7) is 9.68. The zero-order valence-electron chi connectivity index (χ0n) is 24.6. The summed E-state index contributed by atoms with van der Waals surface area (Å²) in [6, 6.07) is 2.81. The summed E-state index contributed by atoms with van der Waals surface area (Å²) in [4.78, 5) is 69.5. The minimum atomic E-state index is -1.52. The van der Waals surface area contributed by atoms with E-state index in [-0.39, 0.29) is 48.6 Å². The van der Waals surface area contributed by atoms with Crippen molar-refractivity contribution in [1.82, 2.24) is 15.2 Å². The van der Waals surface area contributed by atoms with Crippen molar-refractivity contribution in [3.05, 3.63) is 40.1 Å². The molecule has 0 spiro atoms. The number of hydrogen-bond acceptors (Lipinski definition) is 10. The molecule has 2 heterocycles. The Morgan fingerprint density at radius 1 is 1.05 bits per heavy atom. The van der Waals surface area contributed by atoms with Crippen molar-refractivity contribution < 1.29 is 38.0 Å². The third kappa shape index (κ3) is 8.10. The second-order valence-corrected chi connectivity index (χ2v) is 11.8. The highest BCUT2D eigenvalue weighted by atomic mass is 19.1. The van der Waals surface area contributed by atoms with Crippen LogP contribution in [0.5, 0.6) is 0 Å². The third-order valence-electron chi connectivity index (χ3n) is 6.15. The molecule has 1 saturated heterocycles. The van der Waals surface area contributed by atoms with Gasteiger partial charge in [-0.3, -0.25) is 24.5 Å². The zero-order chi connectivity index (χ0) is 31.4. The first-order valence-corrected chi connectivity index (χ1v) is 13.4. The first kappa shape index (κ1) is 32.2. The number of piperazine rings is 1. The third-order valence-corrected chi connectivity index (χ3v) is 6.15. The number of carbonyl (C=O) groups is 4. The smallest absolute Gasteiger partial charge is 0.410 e. The van der Waals surface area contributed by atoms with Gasteiger partial charge < -0.3 is 24.6 Å². The molecule has 0 aliphatic carbocycles. The largest absolute Gasteiger partial charge is 0.460 e. The van der Waals surface area contributed by atoms with Crippen LogP contribution in [0.4, 0.5) is 20.6 Å². The number of non-ortho nitro benzene ring substituents is 1. The lowest BCUT2D eigenvalue weighted by Gasteiger charge is -2.37. The van der Waals surface area contributed by atoms with Crippen molar-refractivity contribution in [2.45, 2.75) is 65.2 Å². The van der Waals surface area contributed by atoms with Gasteiger partial charge >= 0.3 is 12.1 Å². The number of carbonyl (C=O) groups excluding carboxylic acids is 4. The average molecular weight is 590 g/mol. The molecule has 1 atom stereocenters. The van der Waals surface area contributed by atoms with Crippen LogP contribution in [-0.4, -0.2) is 88.7 Å². The molecule has 2 aromatic rings. The monoisotopic (exact) mass is 589 g/mol. The van der Waals surface area contributed by atoms with Gasteiger partial charge in [0, 0.05) is 43.8 Å². The van der Waals surface area contributed by atoms with Crippen molar-refractivity contribution in [2.24, 2.45) is 0 Å². The van der Waals surface area contributed by atoms with E-state index in [1.165, 1.54) is 17.0 Å². The number of esters is 1. The molecule has 2 amide bonds. The van der Waals surface area contributed by atoms with E-state index in [2.05, 4.69) is 10.3 Å². The van der Waals surface area contributed by atoms with Crippen molar-refractivity contribution >= 4 is 46.0 Å². The molecule has 1 N–H and O–H groups in total. The average Bonchev–Trinajstić information content (AvgIpc) is 2.89. The molecule has 228 valence electrons. The summed E-state index contributed by atoms with van der Waals surface area (Å²) in [5.74, 6) is -2.66. The van der Waals surface area contributed by atoms with E-state index in [1.54, 1.807) is 52.5 Å². The van der Waals surface area contributed by atoms with Crippen LogP contribution in [-0.2, 0) is 19.1 Å². The van der Waals surface area contributed by atoms with Gasteiger partial charge in [-0.15, -0.1) is 0 Å². The first-order chi connectivity index (χ1) is 19.5. The predicted molar refractivity (Wildman–Crippen MR) is 151 cm³/mol. The number of fused-ring (bicyclic) bond motifs is 1. The van der Waals surface area contributed by atoms with E-state index in [4.69, 9.17) is 9.47 Å². The molecule has 1 aromatic carbocycles. The molecule has 0 saturated carbocycles. The lowest BCUT2D eigenvalue weighted by molar-refractivity contribution is -0.383. The number of ether oxygens (including phenoxy) is 2. The molecule has 3 rings (SSSR count). The molecule has 1 aliphatic rings. The minimum Gasteiger partial charge on any atom is -0.460 e. The van der Waals surface area contributed by atoms with E-state index in [9.17, 15) is 33.7 Å². The Morgan fingerprint density at radius 2 is 1.67 bits per heavy atom. The number of aromatic nitrogens is 1. The number of nitro benzene ring substituents is 1. The maximum absolute atomic E-state index is 13.6. The Labute approximate surface area is 242 Å². The summed E-state index contributed by atoms with van der Waals surface area (Å²) in [5, 5.41) is 14.4. The van der Waals surface area contributed by atoms with Crippen LogP contribution in [0.25, 0.3) is 10.9 Å². The molecular formula is C28H36FN5O8. The Kier molecular flexibility index (Phi) is 9.69. The maximum Gasteiger partial charge on any atom is 0.410 e. The predicted octanol–water partition coefficient (Wildman–Crippen LogP) is 3.57. The van der Waals surface area contributed by atoms with Gasteiger partial charge in [-0.1, -0.05) is 12.1 Å². The van der Waals surface area contributed by atoms with Gasteiger partial charge in [-0.2, -0.15) is 0 Å². The fraction of sp³-hybridized carbons (Fsp3) is 0.536. The number of Topliss-reactive ketones (excluding diaryl/α,β-unsaturated/α-hetero) is 1. The molecular weight excluding hydrogens is 553 g/mol. The van der Waals surface area contributed by atoms with Crippen LogP contribution in [0, 0.1) is 10.1 Å². The van der Waals surface area contributed by atoms with E-state index in [0.717, 1.165) is 6.20 Å². The number of ketones is 1. The molecule has 1 aromatic heterocycles. The van der Waals surface area contributed by atoms with Gasteiger partial charge in [0.2, 0.25) is 0 Å². The van der Waals surface area contributed by atoms with Crippen LogP contribution < -0.4 is 10.2 Å². The van der Waals surface area contributed by atoms with Gasteiger partial charge in [-0.05, 0) is 41.5 Å². The normalized spacial score (nSPS) is 14.7. The summed E-state index contributed by atoms with van der Waals surface area (Å²) in [7, 11) is 0. The number of benzene rings is 1. The number of amides is 2.